The van der Waals surface area contributed by atoms with Crippen LogP contribution in [0, 0.1) is 10.1 Å². The highest BCUT2D eigenvalue weighted by Gasteiger charge is 2.30. The maximum Gasteiger partial charge on any atom is 0.422 e. The highest BCUT2D eigenvalue weighted by Crippen LogP contribution is 2.17. The van der Waals surface area contributed by atoms with E-state index in [2.05, 4.69) is 4.74 Å². The Balaban J connectivity index is 2.76. The van der Waals surface area contributed by atoms with Crippen molar-refractivity contribution in [3.63, 3.8) is 0 Å². The van der Waals surface area contributed by atoms with Gasteiger partial charge in [0.05, 0.1) is 10.5 Å². The molecule has 0 saturated heterocycles. The van der Waals surface area contributed by atoms with Crippen LogP contribution in [-0.2, 0) is 4.74 Å². The van der Waals surface area contributed by atoms with Crippen LogP contribution in [0.2, 0.25) is 0 Å². The second-order valence-corrected chi connectivity index (χ2v) is 3.00. The summed E-state index contributed by atoms with van der Waals surface area (Å²) >= 11 is 0. The van der Waals surface area contributed by atoms with E-state index in [1.807, 2.05) is 0 Å². The van der Waals surface area contributed by atoms with Crippen molar-refractivity contribution in [2.45, 2.75) is 6.18 Å². The van der Waals surface area contributed by atoms with Gasteiger partial charge >= 0.3 is 12.1 Å². The van der Waals surface area contributed by atoms with E-state index in [0.29, 0.717) is 0 Å². The maximum atomic E-state index is 11.8. The predicted octanol–water partition coefficient (Wildman–Crippen LogP) is 2.31. The minimum atomic E-state index is -4.63. The number of rotatable bonds is 3. The zero-order valence-electron chi connectivity index (χ0n) is 8.23. The van der Waals surface area contributed by atoms with Gasteiger partial charge < -0.3 is 4.74 Å². The first-order valence-corrected chi connectivity index (χ1v) is 4.28. The quantitative estimate of drug-likeness (QED) is 0.468. The smallest absolute Gasteiger partial charge is 0.422 e. The van der Waals surface area contributed by atoms with E-state index in [1.54, 1.807) is 0 Å². The molecule has 0 aromatic heterocycles. The van der Waals surface area contributed by atoms with Gasteiger partial charge in [-0.05, 0) is 6.07 Å². The van der Waals surface area contributed by atoms with E-state index in [4.69, 9.17) is 0 Å². The first-order valence-electron chi connectivity index (χ1n) is 4.28. The lowest BCUT2D eigenvalue weighted by molar-refractivity contribution is -0.384. The number of nitrogens with zero attached hydrogens (tertiary/aromatic N) is 1. The molecule has 0 radical (unpaired) electrons. The van der Waals surface area contributed by atoms with Crippen molar-refractivity contribution < 1.29 is 27.6 Å². The SMILES string of the molecule is O=C(OCC(F)(F)F)c1cccc([N+](=O)[O-])c1. The van der Waals surface area contributed by atoms with Gasteiger partial charge in [-0.3, -0.25) is 10.1 Å². The Hall–Kier alpha value is -2.12. The lowest BCUT2D eigenvalue weighted by Gasteiger charge is -2.07. The van der Waals surface area contributed by atoms with Gasteiger partial charge in [-0.15, -0.1) is 0 Å². The maximum absolute atomic E-state index is 11.8. The third-order valence-electron chi connectivity index (χ3n) is 1.66. The average molecular weight is 249 g/mol. The van der Waals surface area contributed by atoms with Crippen LogP contribution < -0.4 is 0 Å². The van der Waals surface area contributed by atoms with Gasteiger partial charge in [0.15, 0.2) is 6.61 Å². The molecular formula is C9H6F3NO4. The summed E-state index contributed by atoms with van der Waals surface area (Å²) in [5.41, 5.74) is -0.699. The summed E-state index contributed by atoms with van der Waals surface area (Å²) in [6.45, 7) is -1.73. The van der Waals surface area contributed by atoms with Crippen LogP contribution in [-0.4, -0.2) is 23.7 Å². The Morgan fingerprint density at radius 3 is 2.59 bits per heavy atom. The summed E-state index contributed by atoms with van der Waals surface area (Å²) < 4.78 is 39.2. The Morgan fingerprint density at radius 2 is 2.06 bits per heavy atom. The van der Waals surface area contributed by atoms with E-state index in [9.17, 15) is 28.1 Å². The van der Waals surface area contributed by atoms with E-state index in [0.717, 1.165) is 18.2 Å². The average Bonchev–Trinajstić information content (AvgIpc) is 2.25. The molecule has 1 aromatic rings. The molecule has 1 rings (SSSR count). The number of nitro benzene ring substituents is 1. The molecule has 0 aliphatic rings. The highest BCUT2D eigenvalue weighted by molar-refractivity contribution is 5.90. The second kappa shape index (κ2) is 4.81. The Morgan fingerprint density at radius 1 is 1.41 bits per heavy atom. The number of hydrogen-bond donors (Lipinski definition) is 0. The van der Waals surface area contributed by atoms with Crippen molar-refractivity contribution in [2.24, 2.45) is 0 Å². The number of carbonyl (C=O) groups excluding carboxylic acids is 1. The van der Waals surface area contributed by atoms with Crippen molar-refractivity contribution in [1.29, 1.82) is 0 Å². The fraction of sp³-hybridized carbons (Fsp3) is 0.222. The monoisotopic (exact) mass is 249 g/mol. The van der Waals surface area contributed by atoms with Crippen LogP contribution in [0.25, 0.3) is 0 Å². The van der Waals surface area contributed by atoms with Crippen LogP contribution >= 0.6 is 0 Å². The van der Waals surface area contributed by atoms with E-state index < -0.39 is 29.4 Å². The first-order chi connectivity index (χ1) is 7.79. The number of benzene rings is 1. The summed E-state index contributed by atoms with van der Waals surface area (Å²) in [7, 11) is 0. The van der Waals surface area contributed by atoms with Gasteiger partial charge in [-0.25, -0.2) is 4.79 Å². The number of alkyl halides is 3. The van der Waals surface area contributed by atoms with Gasteiger partial charge in [0.1, 0.15) is 0 Å². The Bertz CT molecular complexity index is 444. The standard InChI is InChI=1S/C9H6F3NO4/c10-9(11,12)5-17-8(14)6-2-1-3-7(4-6)13(15)16/h1-4H,5H2. The van der Waals surface area contributed by atoms with Crippen molar-refractivity contribution in [1.82, 2.24) is 0 Å². The van der Waals surface area contributed by atoms with Gasteiger partial charge in [0.25, 0.3) is 5.69 Å². The summed E-state index contributed by atoms with van der Waals surface area (Å²) in [5, 5.41) is 10.4. The molecule has 0 heterocycles. The molecule has 92 valence electrons. The van der Waals surface area contributed by atoms with Crippen LogP contribution in [0.1, 0.15) is 10.4 Å². The van der Waals surface area contributed by atoms with Crippen LogP contribution in [0.5, 0.6) is 0 Å². The molecule has 0 saturated carbocycles. The summed E-state index contributed by atoms with van der Waals surface area (Å²) in [5.74, 6) is -1.26. The largest absolute Gasteiger partial charge is 0.452 e. The van der Waals surface area contributed by atoms with Gasteiger partial charge in [-0.2, -0.15) is 13.2 Å². The Labute approximate surface area is 93.0 Å². The fourth-order valence-corrected chi connectivity index (χ4v) is 0.977. The first kappa shape index (κ1) is 12.9. The number of non-ortho nitro benzene ring substituents is 1. The molecule has 0 aliphatic heterocycles. The van der Waals surface area contributed by atoms with Crippen LogP contribution in [0.4, 0.5) is 18.9 Å². The predicted molar refractivity (Wildman–Crippen MR) is 49.4 cm³/mol. The van der Waals surface area contributed by atoms with Crippen molar-refractivity contribution in [3.05, 3.63) is 39.9 Å². The summed E-state index contributed by atoms with van der Waals surface area (Å²) in [6.07, 6.45) is -4.63. The van der Waals surface area contributed by atoms with Gasteiger partial charge in [-0.1, -0.05) is 6.07 Å². The number of halogens is 3. The molecule has 0 amide bonds. The van der Waals surface area contributed by atoms with E-state index >= 15 is 0 Å². The molecule has 0 fully saturated rings. The molecule has 1 aromatic carbocycles. The molecular weight excluding hydrogens is 243 g/mol. The molecule has 5 nitrogen and oxygen atoms in total. The molecule has 0 spiro atoms. The van der Waals surface area contributed by atoms with E-state index in [-0.39, 0.29) is 5.56 Å². The van der Waals surface area contributed by atoms with Gasteiger partial charge in [0, 0.05) is 12.1 Å². The zero-order valence-corrected chi connectivity index (χ0v) is 8.23. The van der Waals surface area contributed by atoms with E-state index in [1.165, 1.54) is 6.07 Å². The lowest BCUT2D eigenvalue weighted by atomic mass is 10.2. The van der Waals surface area contributed by atoms with Gasteiger partial charge in [0.2, 0.25) is 0 Å². The van der Waals surface area contributed by atoms with Crippen molar-refractivity contribution in [2.75, 3.05) is 6.61 Å². The molecule has 8 heteroatoms. The molecule has 0 N–H and O–H groups in total. The second-order valence-electron chi connectivity index (χ2n) is 3.00. The van der Waals surface area contributed by atoms with Crippen LogP contribution in [0.15, 0.2) is 24.3 Å². The molecule has 0 unspecified atom stereocenters. The number of hydrogen-bond acceptors (Lipinski definition) is 4. The van der Waals surface area contributed by atoms with Crippen LogP contribution in [0.3, 0.4) is 0 Å². The summed E-state index contributed by atoms with van der Waals surface area (Å²) in [6, 6.07) is 4.27. The third-order valence-corrected chi connectivity index (χ3v) is 1.66. The number of ether oxygens (including phenoxy) is 1. The minimum absolute atomic E-state index is 0.302. The molecule has 0 aliphatic carbocycles. The fourth-order valence-electron chi connectivity index (χ4n) is 0.977. The molecule has 0 atom stereocenters. The normalized spacial score (nSPS) is 11.0. The zero-order chi connectivity index (χ0) is 13.1. The molecule has 0 bridgehead atoms. The third kappa shape index (κ3) is 4.09. The lowest BCUT2D eigenvalue weighted by Crippen LogP contribution is -2.20. The van der Waals surface area contributed by atoms with Crippen molar-refractivity contribution >= 4 is 11.7 Å². The topological polar surface area (TPSA) is 69.4 Å². The number of nitro groups is 1. The highest BCUT2D eigenvalue weighted by atomic mass is 19.4. The number of esters is 1. The Kier molecular flexibility index (Phi) is 3.66. The summed E-state index contributed by atoms with van der Waals surface area (Å²) in [4.78, 5) is 20.7. The van der Waals surface area contributed by atoms with Crippen molar-refractivity contribution in [3.8, 4) is 0 Å². The number of carbonyl (C=O) groups is 1. The minimum Gasteiger partial charge on any atom is -0.452 e. The molecule has 17 heavy (non-hydrogen) atoms.